The molecule has 2 aliphatic rings. The number of nitrogens with zero attached hydrogens (tertiary/aromatic N) is 3. The fourth-order valence-corrected chi connectivity index (χ4v) is 2.08. The lowest BCUT2D eigenvalue weighted by molar-refractivity contribution is 0.140. The minimum atomic E-state index is -0.277. The van der Waals surface area contributed by atoms with Crippen molar-refractivity contribution in [2.45, 2.75) is 30.6 Å². The Hall–Kier alpha value is -1.30. The van der Waals surface area contributed by atoms with Crippen molar-refractivity contribution in [2.75, 3.05) is 11.2 Å². The normalized spacial score (nSPS) is 19.3. The number of carbonyl (C=O) groups is 1. The number of thioether (sulfide) groups is 1. The molecule has 0 atom stereocenters. The summed E-state index contributed by atoms with van der Waals surface area (Å²) >= 11 is 1.48. The zero-order valence-corrected chi connectivity index (χ0v) is 9.66. The molecule has 1 amide bonds. The molecule has 1 aliphatic heterocycles. The maximum Gasteiger partial charge on any atom is 0.416 e. The van der Waals surface area contributed by atoms with Gasteiger partial charge in [0, 0.05) is 12.2 Å². The number of hydrogen-bond donors (Lipinski definition) is 0. The molecule has 0 aromatic carbocycles. The molecule has 1 aromatic rings. The van der Waals surface area contributed by atoms with Crippen molar-refractivity contribution >= 4 is 23.7 Å². The van der Waals surface area contributed by atoms with Crippen molar-refractivity contribution in [1.29, 1.82) is 0 Å². The highest BCUT2D eigenvalue weighted by Gasteiger charge is 2.39. The summed E-state index contributed by atoms with van der Waals surface area (Å²) in [4.78, 5) is 21.9. The fourth-order valence-electron chi connectivity index (χ4n) is 1.74. The first-order valence-corrected chi connectivity index (χ1v) is 6.38. The summed E-state index contributed by atoms with van der Waals surface area (Å²) in [6, 6.07) is 0.274. The van der Waals surface area contributed by atoms with Crippen LogP contribution >= 0.6 is 11.8 Å². The second-order valence-corrected chi connectivity index (χ2v) is 4.63. The summed E-state index contributed by atoms with van der Waals surface area (Å²) < 4.78 is 5.09. The molecule has 1 aromatic heterocycles. The first kappa shape index (κ1) is 9.89. The SMILES string of the molecule is CSc1ncc2c(n1)N(C1CC1)C(=O)OC2. The molecular formula is C10H11N3O2S. The van der Waals surface area contributed by atoms with Gasteiger partial charge in [-0.15, -0.1) is 0 Å². The maximum atomic E-state index is 11.7. The molecule has 0 radical (unpaired) electrons. The van der Waals surface area contributed by atoms with Crippen LogP contribution in [0, 0.1) is 0 Å². The van der Waals surface area contributed by atoms with Crippen LogP contribution in [0.25, 0.3) is 0 Å². The highest BCUT2D eigenvalue weighted by molar-refractivity contribution is 7.98. The van der Waals surface area contributed by atoms with Crippen molar-refractivity contribution in [2.24, 2.45) is 0 Å². The zero-order chi connectivity index (χ0) is 11.1. The molecule has 1 aliphatic carbocycles. The number of anilines is 1. The average Bonchev–Trinajstić information content (AvgIpc) is 3.12. The Balaban J connectivity index is 2.05. The van der Waals surface area contributed by atoms with Crippen LogP contribution in [0.1, 0.15) is 18.4 Å². The van der Waals surface area contributed by atoms with E-state index in [1.807, 2.05) is 6.26 Å². The third-order valence-electron chi connectivity index (χ3n) is 2.69. The smallest absolute Gasteiger partial charge is 0.416 e. The number of ether oxygens (including phenoxy) is 1. The Bertz CT molecular complexity index is 448. The fraction of sp³-hybridized carbons (Fsp3) is 0.500. The van der Waals surface area contributed by atoms with Crippen LogP contribution < -0.4 is 4.90 Å². The van der Waals surface area contributed by atoms with Crippen LogP contribution in [0.15, 0.2) is 11.4 Å². The van der Waals surface area contributed by atoms with Gasteiger partial charge in [0.15, 0.2) is 5.16 Å². The first-order chi connectivity index (χ1) is 7.79. The number of aromatic nitrogens is 2. The minimum Gasteiger partial charge on any atom is -0.444 e. The van der Waals surface area contributed by atoms with E-state index in [4.69, 9.17) is 4.74 Å². The van der Waals surface area contributed by atoms with Gasteiger partial charge in [0.1, 0.15) is 12.4 Å². The Morgan fingerprint density at radius 2 is 2.38 bits per heavy atom. The van der Waals surface area contributed by atoms with Gasteiger partial charge in [-0.3, -0.25) is 4.90 Å². The lowest BCUT2D eigenvalue weighted by atomic mass is 10.3. The van der Waals surface area contributed by atoms with E-state index < -0.39 is 0 Å². The van der Waals surface area contributed by atoms with E-state index in [1.54, 1.807) is 11.1 Å². The standard InChI is InChI=1S/C10H11N3O2S/c1-16-9-11-4-6-5-15-10(14)13(7-2-3-7)8(6)12-9/h4,7H,2-3,5H2,1H3. The number of hydrogen-bond acceptors (Lipinski definition) is 5. The Morgan fingerprint density at radius 3 is 3.06 bits per heavy atom. The number of carbonyl (C=O) groups excluding carboxylic acids is 1. The predicted octanol–water partition coefficient (Wildman–Crippen LogP) is 1.82. The van der Waals surface area contributed by atoms with Gasteiger partial charge in [0.05, 0.1) is 5.56 Å². The lowest BCUT2D eigenvalue weighted by Gasteiger charge is -2.27. The minimum absolute atomic E-state index is 0.274. The molecule has 1 fully saturated rings. The topological polar surface area (TPSA) is 55.3 Å². The zero-order valence-electron chi connectivity index (χ0n) is 8.84. The lowest BCUT2D eigenvalue weighted by Crippen LogP contribution is -2.38. The molecule has 0 spiro atoms. The van der Waals surface area contributed by atoms with Crippen molar-refractivity contribution < 1.29 is 9.53 Å². The van der Waals surface area contributed by atoms with E-state index in [-0.39, 0.29) is 18.7 Å². The summed E-state index contributed by atoms with van der Waals surface area (Å²) in [6.45, 7) is 0.284. The molecule has 2 heterocycles. The second-order valence-electron chi connectivity index (χ2n) is 3.86. The Kier molecular flexibility index (Phi) is 2.24. The van der Waals surface area contributed by atoms with Gasteiger partial charge in [0.25, 0.3) is 0 Å². The highest BCUT2D eigenvalue weighted by Crippen LogP contribution is 2.36. The summed E-state index contributed by atoms with van der Waals surface area (Å²) in [5, 5.41) is 0.694. The average molecular weight is 237 g/mol. The third-order valence-corrected chi connectivity index (χ3v) is 3.25. The van der Waals surface area contributed by atoms with Crippen LogP contribution in [0.5, 0.6) is 0 Å². The maximum absolute atomic E-state index is 11.7. The van der Waals surface area contributed by atoms with Crippen molar-refractivity contribution in [3.63, 3.8) is 0 Å². The van der Waals surface area contributed by atoms with Gasteiger partial charge in [-0.25, -0.2) is 14.8 Å². The molecule has 6 heteroatoms. The van der Waals surface area contributed by atoms with Crippen molar-refractivity contribution in [3.05, 3.63) is 11.8 Å². The van der Waals surface area contributed by atoms with E-state index in [9.17, 15) is 4.79 Å². The molecule has 0 unspecified atom stereocenters. The largest absolute Gasteiger partial charge is 0.444 e. The Morgan fingerprint density at radius 1 is 1.56 bits per heavy atom. The van der Waals surface area contributed by atoms with Crippen molar-refractivity contribution in [3.8, 4) is 0 Å². The van der Waals surface area contributed by atoms with E-state index in [2.05, 4.69) is 9.97 Å². The number of rotatable bonds is 2. The quantitative estimate of drug-likeness (QED) is 0.580. The number of amides is 1. The molecule has 1 saturated carbocycles. The molecule has 5 nitrogen and oxygen atoms in total. The number of fused-ring (bicyclic) bond motifs is 1. The first-order valence-electron chi connectivity index (χ1n) is 5.15. The van der Waals surface area contributed by atoms with Crippen molar-refractivity contribution in [1.82, 2.24) is 9.97 Å². The van der Waals surface area contributed by atoms with Gasteiger partial charge in [-0.1, -0.05) is 11.8 Å². The molecule has 0 saturated heterocycles. The van der Waals surface area contributed by atoms with E-state index in [1.165, 1.54) is 11.8 Å². The molecule has 0 N–H and O–H groups in total. The van der Waals surface area contributed by atoms with Gasteiger partial charge < -0.3 is 4.74 Å². The monoisotopic (exact) mass is 237 g/mol. The van der Waals surface area contributed by atoms with Gasteiger partial charge in [-0.05, 0) is 19.1 Å². The van der Waals surface area contributed by atoms with Gasteiger partial charge in [-0.2, -0.15) is 0 Å². The Labute approximate surface area is 97.2 Å². The molecule has 16 heavy (non-hydrogen) atoms. The van der Waals surface area contributed by atoms with Gasteiger partial charge in [0.2, 0.25) is 0 Å². The van der Waals surface area contributed by atoms with Crippen LogP contribution in [0.4, 0.5) is 10.6 Å². The highest BCUT2D eigenvalue weighted by atomic mass is 32.2. The summed E-state index contributed by atoms with van der Waals surface area (Å²) in [6.07, 6.45) is 5.46. The molecular weight excluding hydrogens is 226 g/mol. The van der Waals surface area contributed by atoms with Gasteiger partial charge >= 0.3 is 6.09 Å². The molecule has 84 valence electrons. The molecule has 0 bridgehead atoms. The van der Waals surface area contributed by atoms with E-state index >= 15 is 0 Å². The van der Waals surface area contributed by atoms with Crippen LogP contribution in [0.3, 0.4) is 0 Å². The third kappa shape index (κ3) is 1.53. The summed E-state index contributed by atoms with van der Waals surface area (Å²) in [5.41, 5.74) is 0.893. The van der Waals surface area contributed by atoms with Crippen LogP contribution in [-0.4, -0.2) is 28.4 Å². The van der Waals surface area contributed by atoms with E-state index in [0.717, 1.165) is 24.2 Å². The predicted molar refractivity (Wildman–Crippen MR) is 59.5 cm³/mol. The number of cyclic esters (lactones) is 1. The summed E-state index contributed by atoms with van der Waals surface area (Å²) in [7, 11) is 0. The van der Waals surface area contributed by atoms with E-state index in [0.29, 0.717) is 5.16 Å². The second kappa shape index (κ2) is 3.62. The molecule has 3 rings (SSSR count). The van der Waals surface area contributed by atoms with Crippen LogP contribution in [0.2, 0.25) is 0 Å². The summed E-state index contributed by atoms with van der Waals surface area (Å²) in [5.74, 6) is 0.734. The van der Waals surface area contributed by atoms with Crippen LogP contribution in [-0.2, 0) is 11.3 Å².